The van der Waals surface area contributed by atoms with E-state index in [0.717, 1.165) is 41.5 Å². The molecule has 0 radical (unpaired) electrons. The predicted molar refractivity (Wildman–Crippen MR) is 90.3 cm³/mol. The van der Waals surface area contributed by atoms with Crippen LogP contribution in [0.2, 0.25) is 0 Å². The van der Waals surface area contributed by atoms with Crippen LogP contribution in [0.3, 0.4) is 0 Å². The number of aromatic nitrogens is 1. The van der Waals surface area contributed by atoms with Gasteiger partial charge in [0.15, 0.2) is 5.13 Å². The summed E-state index contributed by atoms with van der Waals surface area (Å²) in [6, 6.07) is 6.19. The van der Waals surface area contributed by atoms with Crippen molar-refractivity contribution in [2.24, 2.45) is 0 Å². The van der Waals surface area contributed by atoms with Gasteiger partial charge in [0.1, 0.15) is 5.84 Å². The van der Waals surface area contributed by atoms with Gasteiger partial charge in [-0.1, -0.05) is 11.3 Å². The van der Waals surface area contributed by atoms with E-state index in [2.05, 4.69) is 23.6 Å². The number of amidine groups is 1. The molecule has 1 saturated heterocycles. The molecule has 22 heavy (non-hydrogen) atoms. The summed E-state index contributed by atoms with van der Waals surface area (Å²) in [5.41, 5.74) is 3.49. The average molecular weight is 319 g/mol. The number of fused-ring (bicyclic) bond motifs is 1. The molecule has 0 unspecified atom stereocenters. The molecule has 3 N–H and O–H groups in total. The van der Waals surface area contributed by atoms with E-state index < -0.39 is 0 Å². The van der Waals surface area contributed by atoms with Crippen molar-refractivity contribution in [3.63, 3.8) is 0 Å². The van der Waals surface area contributed by atoms with Gasteiger partial charge in [-0.05, 0) is 32.0 Å². The molecule has 2 heterocycles. The zero-order valence-electron chi connectivity index (χ0n) is 12.8. The number of rotatable bonds is 3. The van der Waals surface area contributed by atoms with Gasteiger partial charge in [0.2, 0.25) is 0 Å². The molecular formula is C15H21N5OS. The lowest BCUT2D eigenvalue weighted by Gasteiger charge is -2.36. The number of hydrogen-bond donors (Lipinski definition) is 3. The number of benzene rings is 1. The molecule has 1 aromatic heterocycles. The fraction of sp³-hybridized carbons (Fsp3) is 0.467. The number of piperazine rings is 1. The van der Waals surface area contributed by atoms with Gasteiger partial charge in [-0.25, -0.2) is 4.98 Å². The van der Waals surface area contributed by atoms with E-state index in [0.29, 0.717) is 11.6 Å². The van der Waals surface area contributed by atoms with E-state index in [4.69, 9.17) is 15.6 Å². The molecular weight excluding hydrogens is 298 g/mol. The second-order valence-corrected chi connectivity index (χ2v) is 6.79. The first kappa shape index (κ1) is 15.2. The SMILES string of the molecule is CC(C)N1CCN(c2nc3ccc(C(=N)NO)cc3s2)CC1. The number of anilines is 1. The Bertz CT molecular complexity index is 676. The Morgan fingerprint density at radius 2 is 2.05 bits per heavy atom. The molecule has 6 nitrogen and oxygen atoms in total. The fourth-order valence-electron chi connectivity index (χ4n) is 2.70. The van der Waals surface area contributed by atoms with E-state index in [9.17, 15) is 0 Å². The highest BCUT2D eigenvalue weighted by atomic mass is 32.1. The third-order valence-electron chi connectivity index (χ3n) is 4.09. The van der Waals surface area contributed by atoms with Crippen molar-refractivity contribution >= 4 is 32.5 Å². The minimum absolute atomic E-state index is 0.00222. The van der Waals surface area contributed by atoms with E-state index in [1.807, 2.05) is 17.6 Å². The van der Waals surface area contributed by atoms with Crippen LogP contribution in [-0.4, -0.2) is 53.1 Å². The molecule has 0 bridgehead atoms. The maximum atomic E-state index is 8.84. The van der Waals surface area contributed by atoms with Crippen LogP contribution in [0.1, 0.15) is 19.4 Å². The summed E-state index contributed by atoms with van der Waals surface area (Å²) >= 11 is 1.65. The zero-order valence-corrected chi connectivity index (χ0v) is 13.7. The minimum atomic E-state index is 0.00222. The van der Waals surface area contributed by atoms with Gasteiger partial charge in [0.25, 0.3) is 0 Å². The monoisotopic (exact) mass is 319 g/mol. The van der Waals surface area contributed by atoms with Gasteiger partial charge in [0, 0.05) is 37.8 Å². The molecule has 118 valence electrons. The van der Waals surface area contributed by atoms with Gasteiger partial charge in [-0.15, -0.1) is 0 Å². The largest absolute Gasteiger partial charge is 0.345 e. The molecule has 0 saturated carbocycles. The summed E-state index contributed by atoms with van der Waals surface area (Å²) in [6.07, 6.45) is 0. The molecule has 0 amide bonds. The van der Waals surface area contributed by atoms with Gasteiger partial charge in [0.05, 0.1) is 10.2 Å². The maximum Gasteiger partial charge on any atom is 0.186 e. The molecule has 0 spiro atoms. The second-order valence-electron chi connectivity index (χ2n) is 5.78. The maximum absolute atomic E-state index is 8.84. The molecule has 2 aromatic rings. The van der Waals surface area contributed by atoms with E-state index in [1.54, 1.807) is 17.4 Å². The second kappa shape index (κ2) is 6.20. The highest BCUT2D eigenvalue weighted by Crippen LogP contribution is 2.30. The van der Waals surface area contributed by atoms with E-state index in [-0.39, 0.29) is 5.84 Å². The van der Waals surface area contributed by atoms with E-state index in [1.165, 1.54) is 0 Å². The zero-order chi connectivity index (χ0) is 15.7. The van der Waals surface area contributed by atoms with Gasteiger partial charge in [-0.3, -0.25) is 21.0 Å². The highest BCUT2D eigenvalue weighted by Gasteiger charge is 2.21. The van der Waals surface area contributed by atoms with Crippen molar-refractivity contribution in [2.45, 2.75) is 19.9 Å². The van der Waals surface area contributed by atoms with Crippen molar-refractivity contribution in [3.8, 4) is 0 Å². The molecule has 7 heteroatoms. The van der Waals surface area contributed by atoms with Crippen LogP contribution in [0.25, 0.3) is 10.2 Å². The van der Waals surface area contributed by atoms with Crippen LogP contribution in [0.5, 0.6) is 0 Å². The smallest absolute Gasteiger partial charge is 0.186 e. The summed E-state index contributed by atoms with van der Waals surface area (Å²) in [5.74, 6) is 0.00222. The molecule has 3 rings (SSSR count). The lowest BCUT2D eigenvalue weighted by atomic mass is 10.2. The Hall–Kier alpha value is -1.70. The fourth-order valence-corrected chi connectivity index (χ4v) is 3.75. The van der Waals surface area contributed by atoms with E-state index >= 15 is 0 Å². The van der Waals surface area contributed by atoms with Crippen LogP contribution in [0.4, 0.5) is 5.13 Å². The third kappa shape index (κ3) is 2.92. The van der Waals surface area contributed by atoms with Crippen LogP contribution >= 0.6 is 11.3 Å². The summed E-state index contributed by atoms with van der Waals surface area (Å²) in [5, 5.41) is 17.5. The third-order valence-corrected chi connectivity index (χ3v) is 5.17. The normalized spacial score (nSPS) is 16.5. The van der Waals surface area contributed by atoms with Crippen molar-refractivity contribution in [3.05, 3.63) is 23.8 Å². The number of nitrogens with zero attached hydrogens (tertiary/aromatic N) is 3. The molecule has 1 aliphatic heterocycles. The predicted octanol–water partition coefficient (Wildman–Crippen LogP) is 2.13. The van der Waals surface area contributed by atoms with Crippen LogP contribution in [0, 0.1) is 5.41 Å². The number of nitrogens with one attached hydrogen (secondary N) is 2. The number of hydrogen-bond acceptors (Lipinski definition) is 6. The van der Waals surface area contributed by atoms with Crippen molar-refractivity contribution in [2.75, 3.05) is 31.1 Å². The molecule has 1 aromatic carbocycles. The van der Waals surface area contributed by atoms with Gasteiger partial charge >= 0.3 is 0 Å². The quantitative estimate of drug-likeness (QED) is 0.459. The summed E-state index contributed by atoms with van der Waals surface area (Å²) in [7, 11) is 0. The topological polar surface area (TPSA) is 75.5 Å². The summed E-state index contributed by atoms with van der Waals surface area (Å²) < 4.78 is 1.04. The Morgan fingerprint density at radius 3 is 2.68 bits per heavy atom. The minimum Gasteiger partial charge on any atom is -0.345 e. The first-order valence-electron chi connectivity index (χ1n) is 7.47. The van der Waals surface area contributed by atoms with Crippen molar-refractivity contribution in [1.82, 2.24) is 15.4 Å². The molecule has 0 aliphatic carbocycles. The summed E-state index contributed by atoms with van der Waals surface area (Å²) in [6.45, 7) is 8.60. The molecule has 1 fully saturated rings. The molecule has 0 atom stereocenters. The van der Waals surface area contributed by atoms with Crippen LogP contribution < -0.4 is 10.4 Å². The Kier molecular flexibility index (Phi) is 4.28. The first-order chi connectivity index (χ1) is 10.6. The Labute approximate surface area is 133 Å². The summed E-state index contributed by atoms with van der Waals surface area (Å²) in [4.78, 5) is 9.52. The van der Waals surface area contributed by atoms with Gasteiger partial charge in [-0.2, -0.15) is 0 Å². The lowest BCUT2D eigenvalue weighted by molar-refractivity contribution is 0.209. The van der Waals surface area contributed by atoms with Crippen molar-refractivity contribution < 1.29 is 5.21 Å². The number of hydroxylamine groups is 1. The lowest BCUT2D eigenvalue weighted by Crippen LogP contribution is -2.48. The van der Waals surface area contributed by atoms with Gasteiger partial charge < -0.3 is 4.90 Å². The Morgan fingerprint density at radius 1 is 1.32 bits per heavy atom. The Balaban J connectivity index is 1.79. The highest BCUT2D eigenvalue weighted by molar-refractivity contribution is 7.22. The van der Waals surface area contributed by atoms with Crippen LogP contribution in [-0.2, 0) is 0 Å². The standard InChI is InChI=1S/C15H21N5OS/c1-10(2)19-5-7-20(8-6-19)15-17-12-4-3-11(14(16)18-21)9-13(12)22-15/h3-4,9-10,21H,5-8H2,1-2H3,(H2,16,18). The van der Waals surface area contributed by atoms with Crippen molar-refractivity contribution in [1.29, 1.82) is 5.41 Å². The number of thiazole rings is 1. The average Bonchev–Trinajstić information content (AvgIpc) is 2.97. The van der Waals surface area contributed by atoms with Crippen LogP contribution in [0.15, 0.2) is 18.2 Å². The first-order valence-corrected chi connectivity index (χ1v) is 8.29. The molecule has 1 aliphatic rings.